The molecular formula is C11H21BrOSi. The molecule has 0 amide bonds. The zero-order valence-electron chi connectivity index (χ0n) is 9.86. The molecule has 1 nitrogen and oxygen atoms in total. The van der Waals surface area contributed by atoms with E-state index in [0.717, 1.165) is 12.8 Å². The van der Waals surface area contributed by atoms with Gasteiger partial charge in [-0.05, 0) is 29.0 Å². The van der Waals surface area contributed by atoms with Gasteiger partial charge in [0, 0.05) is 6.42 Å². The molecule has 0 fully saturated rings. The Morgan fingerprint density at radius 3 is 2.36 bits per heavy atom. The van der Waals surface area contributed by atoms with Gasteiger partial charge in [0.15, 0.2) is 8.32 Å². The van der Waals surface area contributed by atoms with Crippen LogP contribution in [0.15, 0.2) is 10.6 Å². The average Bonchev–Trinajstić information content (AvgIpc) is 2.31. The van der Waals surface area contributed by atoms with E-state index in [1.165, 1.54) is 4.48 Å². The molecule has 1 atom stereocenters. The molecule has 0 aromatic carbocycles. The zero-order valence-corrected chi connectivity index (χ0v) is 12.4. The highest BCUT2D eigenvalue weighted by molar-refractivity contribution is 9.11. The van der Waals surface area contributed by atoms with Gasteiger partial charge in [0.2, 0.25) is 0 Å². The van der Waals surface area contributed by atoms with Crippen molar-refractivity contribution in [1.29, 1.82) is 0 Å². The van der Waals surface area contributed by atoms with E-state index in [2.05, 4.69) is 55.9 Å². The van der Waals surface area contributed by atoms with Crippen molar-refractivity contribution in [3.63, 3.8) is 0 Å². The van der Waals surface area contributed by atoms with E-state index in [1.54, 1.807) is 0 Å². The Bertz CT molecular complexity index is 240. The van der Waals surface area contributed by atoms with Crippen molar-refractivity contribution in [3.8, 4) is 0 Å². The van der Waals surface area contributed by atoms with Gasteiger partial charge in [0.25, 0.3) is 0 Å². The lowest BCUT2D eigenvalue weighted by molar-refractivity contribution is 0.193. The normalized spacial score (nSPS) is 23.9. The maximum atomic E-state index is 6.29. The fourth-order valence-corrected chi connectivity index (χ4v) is 3.24. The van der Waals surface area contributed by atoms with Crippen LogP contribution in [-0.4, -0.2) is 14.4 Å². The molecule has 14 heavy (non-hydrogen) atoms. The summed E-state index contributed by atoms with van der Waals surface area (Å²) in [6.45, 7) is 11.5. The molecule has 1 unspecified atom stereocenters. The van der Waals surface area contributed by atoms with Gasteiger partial charge in [-0.2, -0.15) is 0 Å². The Morgan fingerprint density at radius 1 is 1.43 bits per heavy atom. The van der Waals surface area contributed by atoms with Crippen LogP contribution in [0.4, 0.5) is 0 Å². The van der Waals surface area contributed by atoms with Gasteiger partial charge >= 0.3 is 0 Å². The molecule has 1 aliphatic carbocycles. The Morgan fingerprint density at radius 2 is 2.00 bits per heavy atom. The van der Waals surface area contributed by atoms with Crippen molar-refractivity contribution in [2.45, 2.75) is 57.8 Å². The molecule has 0 saturated carbocycles. The van der Waals surface area contributed by atoms with Gasteiger partial charge in [-0.3, -0.25) is 0 Å². The van der Waals surface area contributed by atoms with E-state index < -0.39 is 8.32 Å². The van der Waals surface area contributed by atoms with Crippen molar-refractivity contribution in [2.24, 2.45) is 0 Å². The van der Waals surface area contributed by atoms with Gasteiger partial charge in [0.05, 0.1) is 6.10 Å². The van der Waals surface area contributed by atoms with Gasteiger partial charge < -0.3 is 4.43 Å². The first-order chi connectivity index (χ1) is 6.22. The highest BCUT2D eigenvalue weighted by Gasteiger charge is 2.39. The standard InChI is InChI=1S/C11H21BrOSi/c1-11(2,3)14(4,5)13-10-7-6-9(12)8-10/h6,10H,7-8H2,1-5H3. The van der Waals surface area contributed by atoms with Crippen LogP contribution in [0, 0.1) is 0 Å². The second-order valence-corrected chi connectivity index (χ2v) is 11.4. The number of hydrogen-bond donors (Lipinski definition) is 0. The summed E-state index contributed by atoms with van der Waals surface area (Å²) in [6.07, 6.45) is 4.79. The number of rotatable bonds is 2. The molecule has 0 aromatic rings. The summed E-state index contributed by atoms with van der Waals surface area (Å²) in [5, 5.41) is 0.321. The van der Waals surface area contributed by atoms with Crippen LogP contribution in [0.2, 0.25) is 18.1 Å². The molecule has 0 aromatic heterocycles. The topological polar surface area (TPSA) is 9.23 Å². The predicted molar refractivity (Wildman–Crippen MR) is 68.3 cm³/mol. The molecule has 0 radical (unpaired) electrons. The minimum Gasteiger partial charge on any atom is -0.413 e. The highest BCUT2D eigenvalue weighted by Crippen LogP contribution is 2.39. The van der Waals surface area contributed by atoms with E-state index >= 15 is 0 Å². The third-order valence-electron chi connectivity index (χ3n) is 3.29. The molecule has 1 rings (SSSR count). The van der Waals surface area contributed by atoms with E-state index in [-0.39, 0.29) is 0 Å². The largest absolute Gasteiger partial charge is 0.413 e. The Hall–Kier alpha value is 0.397. The summed E-state index contributed by atoms with van der Waals surface area (Å²) >= 11 is 3.53. The molecule has 0 bridgehead atoms. The smallest absolute Gasteiger partial charge is 0.192 e. The van der Waals surface area contributed by atoms with E-state index in [1.807, 2.05) is 0 Å². The van der Waals surface area contributed by atoms with E-state index in [0.29, 0.717) is 11.1 Å². The van der Waals surface area contributed by atoms with Crippen molar-refractivity contribution >= 4 is 24.2 Å². The van der Waals surface area contributed by atoms with Gasteiger partial charge in [-0.25, -0.2) is 0 Å². The fraction of sp³-hybridized carbons (Fsp3) is 0.818. The lowest BCUT2D eigenvalue weighted by atomic mass is 10.2. The Balaban J connectivity index is 2.53. The molecule has 1 aliphatic rings. The summed E-state index contributed by atoms with van der Waals surface area (Å²) in [5.41, 5.74) is 0. The summed E-state index contributed by atoms with van der Waals surface area (Å²) in [6, 6.07) is 0. The molecule has 0 saturated heterocycles. The number of halogens is 1. The molecule has 82 valence electrons. The maximum Gasteiger partial charge on any atom is 0.192 e. The van der Waals surface area contributed by atoms with Crippen molar-refractivity contribution < 1.29 is 4.43 Å². The fourth-order valence-electron chi connectivity index (χ4n) is 1.33. The summed E-state index contributed by atoms with van der Waals surface area (Å²) < 4.78 is 7.60. The summed E-state index contributed by atoms with van der Waals surface area (Å²) in [7, 11) is -1.55. The molecule has 3 heteroatoms. The first kappa shape index (κ1) is 12.5. The second-order valence-electron chi connectivity index (χ2n) is 5.59. The van der Waals surface area contributed by atoms with E-state index in [4.69, 9.17) is 4.43 Å². The minimum atomic E-state index is -1.55. The Kier molecular flexibility index (Phi) is 3.65. The third-order valence-corrected chi connectivity index (χ3v) is 8.47. The first-order valence-corrected chi connectivity index (χ1v) is 8.95. The molecule has 0 spiro atoms. The van der Waals surface area contributed by atoms with Gasteiger partial charge in [0.1, 0.15) is 0 Å². The lowest BCUT2D eigenvalue weighted by Crippen LogP contribution is -2.43. The predicted octanol–water partition coefficient (Wildman–Crippen LogP) is 4.45. The SMILES string of the molecule is CC(C)(C)[Si](C)(C)OC1CC=C(Br)C1. The maximum absolute atomic E-state index is 6.29. The monoisotopic (exact) mass is 276 g/mol. The van der Waals surface area contributed by atoms with Crippen LogP contribution < -0.4 is 0 Å². The summed E-state index contributed by atoms with van der Waals surface area (Å²) in [5.74, 6) is 0. The van der Waals surface area contributed by atoms with Crippen LogP contribution in [0.25, 0.3) is 0 Å². The lowest BCUT2D eigenvalue weighted by Gasteiger charge is -2.38. The molecule has 0 N–H and O–H groups in total. The van der Waals surface area contributed by atoms with Crippen molar-refractivity contribution in [1.82, 2.24) is 0 Å². The van der Waals surface area contributed by atoms with E-state index in [9.17, 15) is 0 Å². The minimum absolute atomic E-state index is 0.321. The van der Waals surface area contributed by atoms with Crippen LogP contribution in [0.1, 0.15) is 33.6 Å². The molecule has 0 heterocycles. The Labute approximate surface area is 97.2 Å². The van der Waals surface area contributed by atoms with Crippen LogP contribution in [0.3, 0.4) is 0 Å². The van der Waals surface area contributed by atoms with Crippen LogP contribution >= 0.6 is 15.9 Å². The van der Waals surface area contributed by atoms with Gasteiger partial charge in [-0.15, -0.1) is 0 Å². The highest BCUT2D eigenvalue weighted by atomic mass is 79.9. The average molecular weight is 277 g/mol. The second kappa shape index (κ2) is 4.10. The quantitative estimate of drug-likeness (QED) is 0.678. The van der Waals surface area contributed by atoms with Crippen LogP contribution in [0.5, 0.6) is 0 Å². The van der Waals surface area contributed by atoms with Crippen molar-refractivity contribution in [3.05, 3.63) is 10.6 Å². The zero-order chi connectivity index (χ0) is 11.0. The van der Waals surface area contributed by atoms with Crippen LogP contribution in [-0.2, 0) is 4.43 Å². The van der Waals surface area contributed by atoms with Crippen molar-refractivity contribution in [2.75, 3.05) is 0 Å². The third kappa shape index (κ3) is 2.94. The summed E-state index contributed by atoms with van der Waals surface area (Å²) in [4.78, 5) is 0. The molecular weight excluding hydrogens is 256 g/mol. The first-order valence-electron chi connectivity index (χ1n) is 5.25. The number of hydrogen-bond acceptors (Lipinski definition) is 1. The van der Waals surface area contributed by atoms with Gasteiger partial charge in [-0.1, -0.05) is 42.8 Å². The molecule has 0 aliphatic heterocycles.